The fourth-order valence-corrected chi connectivity index (χ4v) is 2.48. The molecule has 0 aliphatic rings. The van der Waals surface area contributed by atoms with Gasteiger partial charge in [0.1, 0.15) is 0 Å². The van der Waals surface area contributed by atoms with Gasteiger partial charge in [0.15, 0.2) is 0 Å². The molecule has 0 spiro atoms. The van der Waals surface area contributed by atoms with E-state index in [4.69, 9.17) is 5.73 Å². The minimum Gasteiger partial charge on any atom is -0.399 e. The molecule has 94 valence electrons. The van der Waals surface area contributed by atoms with E-state index >= 15 is 0 Å². The Morgan fingerprint density at radius 1 is 1.05 bits per heavy atom. The lowest BCUT2D eigenvalue weighted by Crippen LogP contribution is -1.95. The van der Waals surface area contributed by atoms with Crippen LogP contribution in [0.4, 0.5) is 5.69 Å². The third-order valence-electron chi connectivity index (χ3n) is 2.90. The van der Waals surface area contributed by atoms with Gasteiger partial charge in [-0.3, -0.25) is 0 Å². The number of nitrogen functional groups attached to an aromatic ring is 1. The van der Waals surface area contributed by atoms with Gasteiger partial charge in [-0.1, -0.05) is 40.2 Å². The minimum absolute atomic E-state index is 0.732. The maximum absolute atomic E-state index is 5.79. The topological polar surface area (TPSA) is 43.8 Å². The number of nitrogens with zero attached hydrogens (tertiary/aromatic N) is 2. The average molecular weight is 314 g/mol. The molecule has 3 aromatic rings. The van der Waals surface area contributed by atoms with Crippen LogP contribution in [0.3, 0.4) is 0 Å². The number of anilines is 1. The van der Waals surface area contributed by atoms with Crippen molar-refractivity contribution < 1.29 is 0 Å². The Morgan fingerprint density at radius 2 is 1.89 bits per heavy atom. The maximum Gasteiger partial charge on any atom is 0.0666 e. The zero-order valence-corrected chi connectivity index (χ0v) is 11.7. The molecular weight excluding hydrogens is 302 g/mol. The molecule has 0 atom stereocenters. The molecule has 0 bridgehead atoms. The number of halogens is 1. The van der Waals surface area contributed by atoms with Crippen molar-refractivity contribution in [3.8, 4) is 16.8 Å². The van der Waals surface area contributed by atoms with Crippen molar-refractivity contribution in [1.29, 1.82) is 0 Å². The molecule has 0 aliphatic carbocycles. The lowest BCUT2D eigenvalue weighted by molar-refractivity contribution is 0.881. The van der Waals surface area contributed by atoms with Gasteiger partial charge < -0.3 is 5.73 Å². The van der Waals surface area contributed by atoms with Gasteiger partial charge in [-0.05, 0) is 29.8 Å². The van der Waals surface area contributed by atoms with Crippen LogP contribution >= 0.6 is 15.9 Å². The Morgan fingerprint density at radius 3 is 2.68 bits per heavy atom. The average Bonchev–Trinajstić information content (AvgIpc) is 2.89. The molecule has 1 aromatic heterocycles. The van der Waals surface area contributed by atoms with Crippen molar-refractivity contribution >= 4 is 21.6 Å². The smallest absolute Gasteiger partial charge is 0.0666 e. The molecule has 0 aliphatic heterocycles. The number of benzene rings is 2. The summed E-state index contributed by atoms with van der Waals surface area (Å²) in [6.45, 7) is 0. The summed E-state index contributed by atoms with van der Waals surface area (Å²) in [6, 6.07) is 15.8. The van der Waals surface area contributed by atoms with E-state index in [1.807, 2.05) is 59.5 Å². The molecule has 0 saturated carbocycles. The number of aromatic nitrogens is 2. The second kappa shape index (κ2) is 4.90. The Balaban J connectivity index is 2.03. The van der Waals surface area contributed by atoms with Crippen LogP contribution in [0.1, 0.15) is 0 Å². The van der Waals surface area contributed by atoms with Gasteiger partial charge in [-0.25, -0.2) is 4.68 Å². The van der Waals surface area contributed by atoms with Crippen LogP contribution in [0, 0.1) is 0 Å². The molecule has 3 rings (SSSR count). The summed E-state index contributed by atoms with van der Waals surface area (Å²) < 4.78 is 2.88. The van der Waals surface area contributed by atoms with Crippen LogP contribution in [0.5, 0.6) is 0 Å². The highest BCUT2D eigenvalue weighted by atomic mass is 79.9. The van der Waals surface area contributed by atoms with Crippen molar-refractivity contribution in [1.82, 2.24) is 9.78 Å². The van der Waals surface area contributed by atoms with Crippen molar-refractivity contribution in [2.75, 3.05) is 5.73 Å². The summed E-state index contributed by atoms with van der Waals surface area (Å²) in [5.74, 6) is 0. The van der Waals surface area contributed by atoms with Gasteiger partial charge in [-0.15, -0.1) is 0 Å². The zero-order valence-electron chi connectivity index (χ0n) is 10.1. The van der Waals surface area contributed by atoms with Gasteiger partial charge in [0.2, 0.25) is 0 Å². The number of hydrogen-bond acceptors (Lipinski definition) is 2. The normalized spacial score (nSPS) is 10.6. The van der Waals surface area contributed by atoms with Crippen LogP contribution in [0.2, 0.25) is 0 Å². The fourth-order valence-electron chi connectivity index (χ4n) is 1.97. The molecule has 0 radical (unpaired) electrons. The molecule has 0 unspecified atom stereocenters. The summed E-state index contributed by atoms with van der Waals surface area (Å²) in [5, 5.41) is 4.39. The fraction of sp³-hybridized carbons (Fsp3) is 0. The molecule has 0 fully saturated rings. The third kappa shape index (κ3) is 2.39. The largest absolute Gasteiger partial charge is 0.399 e. The molecule has 19 heavy (non-hydrogen) atoms. The van der Waals surface area contributed by atoms with Crippen LogP contribution in [-0.2, 0) is 0 Å². The second-order valence-corrected chi connectivity index (χ2v) is 5.10. The van der Waals surface area contributed by atoms with E-state index in [1.165, 1.54) is 0 Å². The first-order chi connectivity index (χ1) is 9.24. The maximum atomic E-state index is 5.79. The first-order valence-corrected chi connectivity index (χ1v) is 6.69. The standard InChI is InChI=1S/C15H12BrN3/c16-15-7-2-1-6-14(15)11-9-18-19(10-11)13-5-3-4-12(17)8-13/h1-10H,17H2. The minimum atomic E-state index is 0.732. The summed E-state index contributed by atoms with van der Waals surface area (Å²) in [7, 11) is 0. The first kappa shape index (κ1) is 12.0. The lowest BCUT2D eigenvalue weighted by atomic mass is 10.1. The van der Waals surface area contributed by atoms with E-state index in [9.17, 15) is 0 Å². The van der Waals surface area contributed by atoms with Crippen LogP contribution in [0.15, 0.2) is 65.4 Å². The Hall–Kier alpha value is -2.07. The molecule has 2 N–H and O–H groups in total. The molecule has 1 heterocycles. The van der Waals surface area contributed by atoms with Gasteiger partial charge in [0, 0.05) is 21.9 Å². The van der Waals surface area contributed by atoms with Gasteiger partial charge in [-0.2, -0.15) is 5.10 Å². The number of hydrogen-bond donors (Lipinski definition) is 1. The van der Waals surface area contributed by atoms with E-state index < -0.39 is 0 Å². The molecule has 0 amide bonds. The van der Waals surface area contributed by atoms with Gasteiger partial charge in [0.25, 0.3) is 0 Å². The third-order valence-corrected chi connectivity index (χ3v) is 3.59. The highest BCUT2D eigenvalue weighted by molar-refractivity contribution is 9.10. The number of rotatable bonds is 2. The van der Waals surface area contributed by atoms with Crippen molar-refractivity contribution in [3.63, 3.8) is 0 Å². The zero-order chi connectivity index (χ0) is 13.2. The number of nitrogens with two attached hydrogens (primary N) is 1. The highest BCUT2D eigenvalue weighted by Crippen LogP contribution is 2.28. The Labute approximate surface area is 119 Å². The summed E-state index contributed by atoms with van der Waals surface area (Å²) in [4.78, 5) is 0. The van der Waals surface area contributed by atoms with Crippen LogP contribution in [0.25, 0.3) is 16.8 Å². The molecule has 3 nitrogen and oxygen atoms in total. The Kier molecular flexibility index (Phi) is 3.09. The van der Waals surface area contributed by atoms with E-state index in [1.54, 1.807) is 0 Å². The van der Waals surface area contributed by atoms with Gasteiger partial charge in [0.05, 0.1) is 11.9 Å². The molecule has 0 saturated heterocycles. The Bertz CT molecular complexity index is 719. The second-order valence-electron chi connectivity index (χ2n) is 4.25. The van der Waals surface area contributed by atoms with E-state index in [2.05, 4.69) is 27.1 Å². The predicted octanol–water partition coefficient (Wildman–Crippen LogP) is 3.88. The van der Waals surface area contributed by atoms with Crippen LogP contribution < -0.4 is 5.73 Å². The monoisotopic (exact) mass is 313 g/mol. The summed E-state index contributed by atoms with van der Waals surface area (Å²) in [6.07, 6.45) is 3.85. The quantitative estimate of drug-likeness (QED) is 0.729. The van der Waals surface area contributed by atoms with E-state index in [0.29, 0.717) is 0 Å². The predicted molar refractivity (Wildman–Crippen MR) is 81.1 cm³/mol. The molecule has 4 heteroatoms. The highest BCUT2D eigenvalue weighted by Gasteiger charge is 2.06. The first-order valence-electron chi connectivity index (χ1n) is 5.89. The van der Waals surface area contributed by atoms with Gasteiger partial charge >= 0.3 is 0 Å². The lowest BCUT2D eigenvalue weighted by Gasteiger charge is -2.02. The van der Waals surface area contributed by atoms with Crippen molar-refractivity contribution in [2.45, 2.75) is 0 Å². The van der Waals surface area contributed by atoms with Crippen molar-refractivity contribution in [2.24, 2.45) is 0 Å². The summed E-state index contributed by atoms with van der Waals surface area (Å²) >= 11 is 3.55. The van der Waals surface area contributed by atoms with Crippen LogP contribution in [-0.4, -0.2) is 9.78 Å². The SMILES string of the molecule is Nc1cccc(-n2cc(-c3ccccc3Br)cn2)c1. The molecule has 2 aromatic carbocycles. The van der Waals surface area contributed by atoms with Crippen molar-refractivity contribution in [3.05, 3.63) is 65.4 Å². The summed E-state index contributed by atoms with van der Waals surface area (Å²) in [5.41, 5.74) is 9.67. The van der Waals surface area contributed by atoms with E-state index in [-0.39, 0.29) is 0 Å². The molecular formula is C15H12BrN3. The van der Waals surface area contributed by atoms with E-state index in [0.717, 1.165) is 27.0 Å².